The summed E-state index contributed by atoms with van der Waals surface area (Å²) in [5.74, 6) is 1.02. The standard InChI is InChI=1S/C22H25NO3/c1-15-10-18-13-23(19-4-3-9-26-14-19)22(24)21(18)12-17(15)11-16-5-7-20(25-2)8-6-16/h5-8,10,12,19H,3-4,9,11,13-14H2,1-2H3. The van der Waals surface area contributed by atoms with E-state index in [9.17, 15) is 4.79 Å². The lowest BCUT2D eigenvalue weighted by Crippen LogP contribution is -2.41. The van der Waals surface area contributed by atoms with Gasteiger partial charge in [0.05, 0.1) is 19.8 Å². The van der Waals surface area contributed by atoms with E-state index >= 15 is 0 Å². The van der Waals surface area contributed by atoms with Gasteiger partial charge in [0, 0.05) is 18.7 Å². The Kier molecular flexibility index (Phi) is 4.68. The molecule has 2 heterocycles. The van der Waals surface area contributed by atoms with Gasteiger partial charge in [0.2, 0.25) is 0 Å². The predicted octanol–water partition coefficient (Wildman–Crippen LogP) is 3.73. The van der Waals surface area contributed by atoms with Gasteiger partial charge in [-0.05, 0) is 66.6 Å². The Hall–Kier alpha value is -2.33. The van der Waals surface area contributed by atoms with Crippen molar-refractivity contribution in [3.8, 4) is 5.75 Å². The molecule has 1 saturated heterocycles. The molecule has 0 bridgehead atoms. The van der Waals surface area contributed by atoms with Crippen LogP contribution in [0.2, 0.25) is 0 Å². The summed E-state index contributed by atoms with van der Waals surface area (Å²) in [6, 6.07) is 12.6. The van der Waals surface area contributed by atoms with Gasteiger partial charge >= 0.3 is 0 Å². The first-order valence-corrected chi connectivity index (χ1v) is 9.30. The van der Waals surface area contributed by atoms with E-state index in [2.05, 4.69) is 31.2 Å². The Morgan fingerprint density at radius 1 is 1.23 bits per heavy atom. The van der Waals surface area contributed by atoms with Crippen LogP contribution in [0.5, 0.6) is 5.75 Å². The third-order valence-electron chi connectivity index (χ3n) is 5.52. The molecule has 1 atom stereocenters. The molecule has 4 nitrogen and oxygen atoms in total. The van der Waals surface area contributed by atoms with E-state index in [1.807, 2.05) is 17.0 Å². The normalized spacial score (nSPS) is 19.5. The molecule has 0 spiro atoms. The second-order valence-electron chi connectivity index (χ2n) is 7.26. The first kappa shape index (κ1) is 17.1. The molecule has 0 N–H and O–H groups in total. The van der Waals surface area contributed by atoms with Gasteiger partial charge in [-0.2, -0.15) is 0 Å². The minimum absolute atomic E-state index is 0.159. The van der Waals surface area contributed by atoms with E-state index in [1.54, 1.807) is 7.11 Å². The Labute approximate surface area is 154 Å². The summed E-state index contributed by atoms with van der Waals surface area (Å²) in [5.41, 5.74) is 5.69. The number of ether oxygens (including phenoxy) is 2. The molecule has 4 heteroatoms. The van der Waals surface area contributed by atoms with E-state index in [1.165, 1.54) is 16.7 Å². The quantitative estimate of drug-likeness (QED) is 0.842. The zero-order valence-electron chi connectivity index (χ0n) is 15.5. The fourth-order valence-corrected chi connectivity index (χ4v) is 3.97. The summed E-state index contributed by atoms with van der Waals surface area (Å²) >= 11 is 0. The highest BCUT2D eigenvalue weighted by molar-refractivity contribution is 5.99. The molecule has 0 radical (unpaired) electrons. The Bertz CT molecular complexity index is 807. The Morgan fingerprint density at radius 3 is 2.73 bits per heavy atom. The zero-order chi connectivity index (χ0) is 18.1. The molecule has 0 aromatic heterocycles. The molecule has 1 amide bonds. The van der Waals surface area contributed by atoms with Crippen molar-refractivity contribution in [2.75, 3.05) is 20.3 Å². The average molecular weight is 351 g/mol. The first-order valence-electron chi connectivity index (χ1n) is 9.30. The number of nitrogens with zero attached hydrogens (tertiary/aromatic N) is 1. The van der Waals surface area contributed by atoms with Crippen molar-refractivity contribution in [3.63, 3.8) is 0 Å². The van der Waals surface area contributed by atoms with Gasteiger partial charge in [-0.25, -0.2) is 0 Å². The average Bonchev–Trinajstić information content (AvgIpc) is 2.99. The van der Waals surface area contributed by atoms with Crippen LogP contribution in [-0.4, -0.2) is 37.2 Å². The Morgan fingerprint density at radius 2 is 2.04 bits per heavy atom. The van der Waals surface area contributed by atoms with Crippen LogP contribution >= 0.6 is 0 Å². The number of hydrogen-bond acceptors (Lipinski definition) is 3. The van der Waals surface area contributed by atoms with Crippen LogP contribution in [0.15, 0.2) is 36.4 Å². The maximum Gasteiger partial charge on any atom is 0.254 e. The van der Waals surface area contributed by atoms with Crippen LogP contribution in [0.4, 0.5) is 0 Å². The van der Waals surface area contributed by atoms with Gasteiger partial charge in [-0.3, -0.25) is 4.79 Å². The van der Waals surface area contributed by atoms with E-state index in [0.717, 1.165) is 42.7 Å². The number of carbonyl (C=O) groups excluding carboxylic acids is 1. The zero-order valence-corrected chi connectivity index (χ0v) is 15.5. The third-order valence-corrected chi connectivity index (χ3v) is 5.52. The van der Waals surface area contributed by atoms with E-state index in [-0.39, 0.29) is 11.9 Å². The van der Waals surface area contributed by atoms with Crippen molar-refractivity contribution >= 4 is 5.91 Å². The molecule has 0 aliphatic carbocycles. The lowest BCUT2D eigenvalue weighted by atomic mass is 9.96. The molecule has 2 aliphatic heterocycles. The van der Waals surface area contributed by atoms with Gasteiger partial charge in [0.1, 0.15) is 5.75 Å². The Balaban J connectivity index is 1.56. The molecule has 4 rings (SSSR count). The number of hydrogen-bond donors (Lipinski definition) is 0. The molecular formula is C22H25NO3. The summed E-state index contributed by atoms with van der Waals surface area (Å²) in [6.45, 7) is 4.33. The van der Waals surface area contributed by atoms with Crippen LogP contribution in [-0.2, 0) is 17.7 Å². The van der Waals surface area contributed by atoms with Gasteiger partial charge in [-0.15, -0.1) is 0 Å². The minimum Gasteiger partial charge on any atom is -0.497 e. The van der Waals surface area contributed by atoms with Crippen LogP contribution < -0.4 is 4.74 Å². The summed E-state index contributed by atoms with van der Waals surface area (Å²) < 4.78 is 10.8. The number of amides is 1. The summed E-state index contributed by atoms with van der Waals surface area (Å²) in [5, 5.41) is 0. The number of methoxy groups -OCH3 is 1. The highest BCUT2D eigenvalue weighted by Crippen LogP contribution is 2.30. The molecule has 2 aromatic carbocycles. The summed E-state index contributed by atoms with van der Waals surface area (Å²) in [4.78, 5) is 14.9. The van der Waals surface area contributed by atoms with Crippen molar-refractivity contribution in [2.24, 2.45) is 0 Å². The maximum atomic E-state index is 12.9. The van der Waals surface area contributed by atoms with Crippen LogP contribution in [0.3, 0.4) is 0 Å². The number of fused-ring (bicyclic) bond motifs is 1. The SMILES string of the molecule is COc1ccc(Cc2cc3c(cc2C)CN(C2CCCOC2)C3=O)cc1. The second kappa shape index (κ2) is 7.12. The van der Waals surface area contributed by atoms with E-state index < -0.39 is 0 Å². The van der Waals surface area contributed by atoms with E-state index in [4.69, 9.17) is 9.47 Å². The van der Waals surface area contributed by atoms with Crippen molar-refractivity contribution < 1.29 is 14.3 Å². The lowest BCUT2D eigenvalue weighted by Gasteiger charge is -2.30. The van der Waals surface area contributed by atoms with Crippen molar-refractivity contribution in [2.45, 2.75) is 38.8 Å². The number of benzene rings is 2. The predicted molar refractivity (Wildman–Crippen MR) is 101 cm³/mol. The molecule has 26 heavy (non-hydrogen) atoms. The number of aryl methyl sites for hydroxylation is 1. The van der Waals surface area contributed by atoms with Gasteiger partial charge in [-0.1, -0.05) is 18.2 Å². The van der Waals surface area contributed by atoms with Crippen molar-refractivity contribution in [1.82, 2.24) is 4.90 Å². The molecule has 2 aromatic rings. The first-order chi connectivity index (χ1) is 12.7. The maximum absolute atomic E-state index is 12.9. The second-order valence-corrected chi connectivity index (χ2v) is 7.26. The lowest BCUT2D eigenvalue weighted by molar-refractivity contribution is 0.0179. The number of carbonyl (C=O) groups is 1. The molecule has 136 valence electrons. The number of rotatable bonds is 4. The molecule has 0 saturated carbocycles. The molecule has 1 fully saturated rings. The monoisotopic (exact) mass is 351 g/mol. The largest absolute Gasteiger partial charge is 0.497 e. The summed E-state index contributed by atoms with van der Waals surface area (Å²) in [6.07, 6.45) is 2.90. The van der Waals surface area contributed by atoms with E-state index in [0.29, 0.717) is 13.2 Å². The van der Waals surface area contributed by atoms with Gasteiger partial charge in [0.15, 0.2) is 0 Å². The van der Waals surface area contributed by atoms with Gasteiger partial charge in [0.25, 0.3) is 5.91 Å². The summed E-state index contributed by atoms with van der Waals surface area (Å²) in [7, 11) is 1.67. The van der Waals surface area contributed by atoms with Crippen LogP contribution in [0.1, 0.15) is 45.5 Å². The van der Waals surface area contributed by atoms with Crippen LogP contribution in [0.25, 0.3) is 0 Å². The molecule has 1 unspecified atom stereocenters. The van der Waals surface area contributed by atoms with Gasteiger partial charge < -0.3 is 14.4 Å². The fourth-order valence-electron chi connectivity index (χ4n) is 3.97. The smallest absolute Gasteiger partial charge is 0.254 e. The molecular weight excluding hydrogens is 326 g/mol. The minimum atomic E-state index is 0.159. The highest BCUT2D eigenvalue weighted by atomic mass is 16.5. The van der Waals surface area contributed by atoms with Crippen molar-refractivity contribution in [1.29, 1.82) is 0 Å². The van der Waals surface area contributed by atoms with Crippen molar-refractivity contribution in [3.05, 3.63) is 64.2 Å². The topological polar surface area (TPSA) is 38.8 Å². The third kappa shape index (κ3) is 3.21. The highest BCUT2D eigenvalue weighted by Gasteiger charge is 2.34. The fraction of sp³-hybridized carbons (Fsp3) is 0.409. The molecule has 2 aliphatic rings. The van der Waals surface area contributed by atoms with Crippen LogP contribution in [0, 0.1) is 6.92 Å².